The fraction of sp³-hybridized carbons (Fsp3) is 1.00. The number of halogens is 3. The summed E-state index contributed by atoms with van der Waals surface area (Å²) in [7, 11) is 0. The Hall–Kier alpha value is -0.250. The monoisotopic (exact) mass is 304 g/mol. The van der Waals surface area contributed by atoms with Crippen molar-refractivity contribution in [3.8, 4) is 0 Å². The van der Waals surface area contributed by atoms with E-state index in [2.05, 4.69) is 0 Å². The van der Waals surface area contributed by atoms with Crippen LogP contribution in [0.4, 0.5) is 13.2 Å². The molecule has 21 heavy (non-hydrogen) atoms. The van der Waals surface area contributed by atoms with E-state index in [1.807, 2.05) is 0 Å². The maximum Gasteiger partial charge on any atom is 0.395 e. The molecule has 4 heteroatoms. The van der Waals surface area contributed by atoms with Gasteiger partial charge in [0.05, 0.1) is 11.5 Å². The van der Waals surface area contributed by atoms with Gasteiger partial charge in [0.2, 0.25) is 0 Å². The SMILES string of the molecule is OC1CCC(C2(C(F)(F)F)CCCC3CCCCC32)CC1. The van der Waals surface area contributed by atoms with Crippen molar-refractivity contribution >= 4 is 0 Å². The van der Waals surface area contributed by atoms with Gasteiger partial charge in [-0.1, -0.05) is 32.1 Å². The molecule has 0 aromatic rings. The lowest BCUT2D eigenvalue weighted by Crippen LogP contribution is -2.55. The van der Waals surface area contributed by atoms with Crippen LogP contribution in [0.5, 0.6) is 0 Å². The highest BCUT2D eigenvalue weighted by Crippen LogP contribution is 2.63. The molecule has 3 saturated carbocycles. The summed E-state index contributed by atoms with van der Waals surface area (Å²) in [6, 6.07) is 0. The summed E-state index contributed by atoms with van der Waals surface area (Å²) in [5.74, 6) is -0.118. The number of aliphatic hydroxyl groups is 1. The van der Waals surface area contributed by atoms with Crippen LogP contribution < -0.4 is 0 Å². The molecule has 0 aliphatic heterocycles. The van der Waals surface area contributed by atoms with E-state index in [9.17, 15) is 18.3 Å². The van der Waals surface area contributed by atoms with Crippen LogP contribution >= 0.6 is 0 Å². The number of hydrogen-bond donors (Lipinski definition) is 1. The largest absolute Gasteiger partial charge is 0.395 e. The van der Waals surface area contributed by atoms with Crippen molar-refractivity contribution in [2.75, 3.05) is 0 Å². The Balaban J connectivity index is 1.92. The van der Waals surface area contributed by atoms with Gasteiger partial charge in [0.25, 0.3) is 0 Å². The van der Waals surface area contributed by atoms with Crippen molar-refractivity contribution in [3.05, 3.63) is 0 Å². The summed E-state index contributed by atoms with van der Waals surface area (Å²) < 4.78 is 42.6. The van der Waals surface area contributed by atoms with Crippen LogP contribution in [0.25, 0.3) is 0 Å². The van der Waals surface area contributed by atoms with Gasteiger partial charge in [0, 0.05) is 0 Å². The quantitative estimate of drug-likeness (QED) is 0.716. The second-order valence-corrected chi connectivity index (χ2v) is 7.59. The van der Waals surface area contributed by atoms with Gasteiger partial charge in [-0.05, 0) is 56.3 Å². The van der Waals surface area contributed by atoms with Gasteiger partial charge in [-0.15, -0.1) is 0 Å². The zero-order chi connectivity index (χ0) is 15.1. The maximum absolute atomic E-state index is 14.2. The van der Waals surface area contributed by atoms with Crippen molar-refractivity contribution < 1.29 is 18.3 Å². The molecule has 3 aliphatic carbocycles. The highest BCUT2D eigenvalue weighted by Gasteiger charge is 2.64. The van der Waals surface area contributed by atoms with E-state index in [4.69, 9.17) is 0 Å². The van der Waals surface area contributed by atoms with Gasteiger partial charge in [-0.3, -0.25) is 0 Å². The lowest BCUT2D eigenvalue weighted by molar-refractivity contribution is -0.288. The highest BCUT2D eigenvalue weighted by molar-refractivity contribution is 5.04. The van der Waals surface area contributed by atoms with Crippen LogP contribution in [0.15, 0.2) is 0 Å². The lowest BCUT2D eigenvalue weighted by Gasteiger charge is -2.55. The highest BCUT2D eigenvalue weighted by atomic mass is 19.4. The minimum atomic E-state index is -4.08. The zero-order valence-electron chi connectivity index (χ0n) is 12.7. The third kappa shape index (κ3) is 2.62. The molecule has 1 N–H and O–H groups in total. The van der Waals surface area contributed by atoms with E-state index >= 15 is 0 Å². The molecule has 1 nitrogen and oxygen atoms in total. The molecule has 0 saturated heterocycles. The smallest absolute Gasteiger partial charge is 0.393 e. The van der Waals surface area contributed by atoms with Crippen LogP contribution in [0.1, 0.15) is 70.6 Å². The van der Waals surface area contributed by atoms with Crippen LogP contribution in [-0.4, -0.2) is 17.4 Å². The molecule has 0 amide bonds. The third-order valence-corrected chi connectivity index (χ3v) is 6.69. The van der Waals surface area contributed by atoms with Gasteiger partial charge in [-0.25, -0.2) is 0 Å². The molecule has 0 aromatic heterocycles. The zero-order valence-corrected chi connectivity index (χ0v) is 12.7. The minimum absolute atomic E-state index is 0.153. The van der Waals surface area contributed by atoms with Crippen LogP contribution in [0.2, 0.25) is 0 Å². The Morgan fingerprint density at radius 1 is 0.810 bits per heavy atom. The normalized spacial score (nSPS) is 45.1. The number of alkyl halides is 3. The van der Waals surface area contributed by atoms with Gasteiger partial charge in [0.1, 0.15) is 0 Å². The van der Waals surface area contributed by atoms with Gasteiger partial charge in [-0.2, -0.15) is 13.2 Å². The molecule has 3 unspecified atom stereocenters. The molecule has 0 heterocycles. The Kier molecular flexibility index (Phi) is 4.28. The second kappa shape index (κ2) is 5.75. The molecule has 122 valence electrons. The van der Waals surface area contributed by atoms with Crippen molar-refractivity contribution in [3.63, 3.8) is 0 Å². The Bertz CT molecular complexity index is 358. The summed E-state index contributed by atoms with van der Waals surface area (Å²) in [6.07, 6.45) is 3.68. The van der Waals surface area contributed by atoms with Crippen molar-refractivity contribution in [1.29, 1.82) is 0 Å². The first-order valence-electron chi connectivity index (χ1n) is 8.70. The first kappa shape index (κ1) is 15.6. The van der Waals surface area contributed by atoms with Crippen molar-refractivity contribution in [2.45, 2.75) is 82.9 Å². The molecule has 3 aliphatic rings. The molecule has 0 radical (unpaired) electrons. The lowest BCUT2D eigenvalue weighted by atomic mass is 9.50. The van der Waals surface area contributed by atoms with Crippen LogP contribution in [-0.2, 0) is 0 Å². The van der Waals surface area contributed by atoms with E-state index in [1.54, 1.807) is 0 Å². The molecule has 3 atom stereocenters. The summed E-state index contributed by atoms with van der Waals surface area (Å²) >= 11 is 0. The van der Waals surface area contributed by atoms with Gasteiger partial charge in [0.15, 0.2) is 0 Å². The average Bonchev–Trinajstić information content (AvgIpc) is 2.46. The minimum Gasteiger partial charge on any atom is -0.393 e. The molecule has 0 spiro atoms. The molecule has 3 rings (SSSR count). The fourth-order valence-electron chi connectivity index (χ4n) is 5.75. The summed E-state index contributed by atoms with van der Waals surface area (Å²) in [5.41, 5.74) is -1.45. The van der Waals surface area contributed by atoms with Gasteiger partial charge < -0.3 is 5.11 Å². The predicted molar refractivity (Wildman–Crippen MR) is 75.8 cm³/mol. The second-order valence-electron chi connectivity index (χ2n) is 7.59. The average molecular weight is 304 g/mol. The third-order valence-electron chi connectivity index (χ3n) is 6.69. The number of hydrogen-bond acceptors (Lipinski definition) is 1. The van der Waals surface area contributed by atoms with Crippen molar-refractivity contribution in [2.24, 2.45) is 23.2 Å². The Morgan fingerprint density at radius 2 is 1.43 bits per heavy atom. The first-order valence-corrected chi connectivity index (χ1v) is 8.70. The maximum atomic E-state index is 14.2. The Morgan fingerprint density at radius 3 is 2.10 bits per heavy atom. The fourth-order valence-corrected chi connectivity index (χ4v) is 5.75. The van der Waals surface area contributed by atoms with Gasteiger partial charge >= 0.3 is 6.18 Å². The van der Waals surface area contributed by atoms with Crippen molar-refractivity contribution in [1.82, 2.24) is 0 Å². The standard InChI is InChI=1S/C17H27F3O/c18-17(19,20)16(13-7-9-14(21)10-8-13)11-3-5-12-4-1-2-6-15(12)16/h12-15,21H,1-11H2. The molecular weight excluding hydrogens is 277 g/mol. The Labute approximate surface area is 125 Å². The molecule has 3 fully saturated rings. The topological polar surface area (TPSA) is 20.2 Å². The predicted octanol–water partition coefficient (Wildman–Crippen LogP) is 5.08. The number of fused-ring (bicyclic) bond motifs is 1. The first-order chi connectivity index (χ1) is 9.95. The van der Waals surface area contributed by atoms with E-state index < -0.39 is 11.6 Å². The molecular formula is C17H27F3O. The van der Waals surface area contributed by atoms with E-state index in [0.29, 0.717) is 38.0 Å². The van der Waals surface area contributed by atoms with Crippen LogP contribution in [0, 0.1) is 23.2 Å². The summed E-state index contributed by atoms with van der Waals surface area (Å²) in [5, 5.41) is 9.66. The van der Waals surface area contributed by atoms with Crippen LogP contribution in [0.3, 0.4) is 0 Å². The summed E-state index contributed by atoms with van der Waals surface area (Å²) in [4.78, 5) is 0. The van der Waals surface area contributed by atoms with E-state index in [0.717, 1.165) is 38.5 Å². The van der Waals surface area contributed by atoms with E-state index in [-0.39, 0.29) is 17.9 Å². The van der Waals surface area contributed by atoms with E-state index in [1.165, 1.54) is 0 Å². The summed E-state index contributed by atoms with van der Waals surface area (Å²) in [6.45, 7) is 0. The number of rotatable bonds is 1. The number of aliphatic hydroxyl groups excluding tert-OH is 1. The molecule has 0 bridgehead atoms. The molecule has 0 aromatic carbocycles.